The molecule has 124 valence electrons. The highest BCUT2D eigenvalue weighted by Gasteiger charge is 2.58. The molecule has 0 spiro atoms. The Labute approximate surface area is 135 Å². The zero-order chi connectivity index (χ0) is 16.2. The van der Waals surface area contributed by atoms with Crippen molar-refractivity contribution in [3.8, 4) is 0 Å². The van der Waals surface area contributed by atoms with Gasteiger partial charge in [0.25, 0.3) is 5.91 Å². The quantitative estimate of drug-likeness (QED) is 0.702. The predicted molar refractivity (Wildman–Crippen MR) is 86.6 cm³/mol. The van der Waals surface area contributed by atoms with Gasteiger partial charge < -0.3 is 11.1 Å². The number of benzene rings is 1. The summed E-state index contributed by atoms with van der Waals surface area (Å²) < 4.78 is 27.9. The van der Waals surface area contributed by atoms with Crippen LogP contribution in [0.4, 0.5) is 5.69 Å². The maximum Gasteiger partial charge on any atom is 0.250 e. The van der Waals surface area contributed by atoms with Crippen LogP contribution >= 0.6 is 0 Å². The van der Waals surface area contributed by atoms with Crippen molar-refractivity contribution in [1.82, 2.24) is 4.72 Å². The Morgan fingerprint density at radius 1 is 1.26 bits per heavy atom. The third kappa shape index (κ3) is 2.72. The summed E-state index contributed by atoms with van der Waals surface area (Å²) in [5.74, 6) is 0.712. The molecule has 4 N–H and O–H groups in total. The number of amides is 1. The summed E-state index contributed by atoms with van der Waals surface area (Å²) in [6, 6.07) is 4.56. The molecular formula is C16H21N3O3S. The largest absolute Gasteiger partial charge is 0.384 e. The minimum atomic E-state index is -3.62. The minimum Gasteiger partial charge on any atom is -0.384 e. The van der Waals surface area contributed by atoms with Crippen molar-refractivity contribution in [1.29, 1.82) is 0 Å². The molecular weight excluding hydrogens is 314 g/mol. The van der Waals surface area contributed by atoms with Crippen LogP contribution in [0.15, 0.2) is 23.1 Å². The lowest BCUT2D eigenvalue weighted by atomic mass is 9.50. The summed E-state index contributed by atoms with van der Waals surface area (Å²) in [6.45, 7) is 0.787. The zero-order valence-corrected chi connectivity index (χ0v) is 13.7. The lowest BCUT2D eigenvalue weighted by molar-refractivity contribution is -0.0317. The van der Waals surface area contributed by atoms with E-state index < -0.39 is 15.9 Å². The number of hydrogen-bond acceptors (Lipinski definition) is 4. The molecule has 4 aliphatic rings. The van der Waals surface area contributed by atoms with Crippen molar-refractivity contribution in [2.45, 2.75) is 42.5 Å². The van der Waals surface area contributed by atoms with E-state index >= 15 is 0 Å². The number of nitrogens with one attached hydrogen (secondary N) is 2. The van der Waals surface area contributed by atoms with Crippen LogP contribution in [-0.2, 0) is 10.0 Å². The summed E-state index contributed by atoms with van der Waals surface area (Å²) in [5.41, 5.74) is 6.02. The molecule has 1 aromatic rings. The number of hydrogen-bond donors (Lipinski definition) is 3. The topological polar surface area (TPSA) is 101 Å². The molecule has 0 saturated heterocycles. The van der Waals surface area contributed by atoms with Gasteiger partial charge in [0.15, 0.2) is 0 Å². The molecule has 2 bridgehead atoms. The van der Waals surface area contributed by atoms with Crippen molar-refractivity contribution in [2.75, 3.05) is 11.9 Å². The fourth-order valence-corrected chi connectivity index (χ4v) is 5.03. The van der Waals surface area contributed by atoms with Gasteiger partial charge in [0.05, 0.1) is 10.5 Å². The molecule has 5 rings (SSSR count). The second-order valence-corrected chi connectivity index (χ2v) is 8.94. The Balaban J connectivity index is 1.57. The maximum atomic E-state index is 12.5. The second kappa shape index (κ2) is 4.95. The van der Waals surface area contributed by atoms with Crippen molar-refractivity contribution in [3.05, 3.63) is 23.8 Å². The first-order valence-corrected chi connectivity index (χ1v) is 9.57. The number of sulfonamides is 1. The standard InChI is InChI=1S/C16H21N3O3S/c17-15(20)13-5-12(3-4-14(13)18-9-10-1-2-10)23(21,22)19-16-6-11(7-16)8-16/h3-5,10-11,18-19H,1-2,6-9H2,(H2,17,20). The molecule has 0 radical (unpaired) electrons. The first-order chi connectivity index (χ1) is 10.9. The molecule has 0 aromatic heterocycles. The average Bonchev–Trinajstić information content (AvgIpc) is 3.23. The van der Waals surface area contributed by atoms with Crippen molar-refractivity contribution >= 4 is 21.6 Å². The van der Waals surface area contributed by atoms with Gasteiger partial charge in [-0.15, -0.1) is 0 Å². The lowest BCUT2D eigenvalue weighted by Gasteiger charge is -2.61. The molecule has 23 heavy (non-hydrogen) atoms. The fourth-order valence-electron chi connectivity index (χ4n) is 3.57. The van der Waals surface area contributed by atoms with Gasteiger partial charge in [-0.2, -0.15) is 0 Å². The van der Waals surface area contributed by atoms with E-state index in [9.17, 15) is 13.2 Å². The molecule has 1 aromatic carbocycles. The van der Waals surface area contributed by atoms with E-state index in [0.717, 1.165) is 25.8 Å². The summed E-state index contributed by atoms with van der Waals surface area (Å²) in [5, 5.41) is 3.20. The fraction of sp³-hybridized carbons (Fsp3) is 0.562. The monoisotopic (exact) mass is 335 g/mol. The van der Waals surface area contributed by atoms with Crippen LogP contribution in [0.2, 0.25) is 0 Å². The van der Waals surface area contributed by atoms with Gasteiger partial charge in [-0.25, -0.2) is 13.1 Å². The van der Waals surface area contributed by atoms with Crippen molar-refractivity contribution < 1.29 is 13.2 Å². The average molecular weight is 335 g/mol. The van der Waals surface area contributed by atoms with E-state index in [1.165, 1.54) is 25.0 Å². The SMILES string of the molecule is NC(=O)c1cc(S(=O)(=O)NC23CC(C2)C3)ccc1NCC1CC1. The molecule has 0 heterocycles. The molecule has 0 atom stereocenters. The number of anilines is 1. The van der Waals surface area contributed by atoms with Gasteiger partial charge in [-0.3, -0.25) is 4.79 Å². The summed E-state index contributed by atoms with van der Waals surface area (Å²) in [6.07, 6.45) is 5.17. The minimum absolute atomic E-state index is 0.105. The molecule has 4 aliphatic carbocycles. The van der Waals surface area contributed by atoms with Gasteiger partial charge in [-0.05, 0) is 62.1 Å². The Morgan fingerprint density at radius 3 is 2.48 bits per heavy atom. The number of rotatable bonds is 7. The molecule has 7 heteroatoms. The first kappa shape index (κ1) is 15.0. The normalized spacial score (nSPS) is 28.6. The molecule has 4 fully saturated rings. The van der Waals surface area contributed by atoms with Crippen molar-refractivity contribution in [3.63, 3.8) is 0 Å². The molecule has 0 unspecified atom stereocenters. The predicted octanol–water partition coefficient (Wildman–Crippen LogP) is 1.44. The van der Waals surface area contributed by atoms with Crippen LogP contribution in [0, 0.1) is 11.8 Å². The molecule has 6 nitrogen and oxygen atoms in total. The second-order valence-electron chi connectivity index (χ2n) is 7.26. The van der Waals surface area contributed by atoms with E-state index in [1.54, 1.807) is 6.07 Å². The number of primary amides is 1. The third-order valence-electron chi connectivity index (χ3n) is 5.23. The summed E-state index contributed by atoms with van der Waals surface area (Å²) >= 11 is 0. The molecule has 4 saturated carbocycles. The molecule has 1 amide bonds. The van der Waals surface area contributed by atoms with Gasteiger partial charge in [0.2, 0.25) is 10.0 Å². The summed E-state index contributed by atoms with van der Waals surface area (Å²) in [4.78, 5) is 11.8. The maximum absolute atomic E-state index is 12.5. The van der Waals surface area contributed by atoms with Gasteiger partial charge in [0, 0.05) is 17.8 Å². The van der Waals surface area contributed by atoms with Crippen LogP contribution in [0.5, 0.6) is 0 Å². The number of carbonyl (C=O) groups is 1. The third-order valence-corrected chi connectivity index (χ3v) is 6.81. The van der Waals surface area contributed by atoms with Crippen LogP contribution in [0.1, 0.15) is 42.5 Å². The number of nitrogens with two attached hydrogens (primary N) is 1. The van der Waals surface area contributed by atoms with Gasteiger partial charge >= 0.3 is 0 Å². The van der Waals surface area contributed by atoms with Crippen LogP contribution in [0.25, 0.3) is 0 Å². The molecule has 0 aliphatic heterocycles. The highest BCUT2D eigenvalue weighted by molar-refractivity contribution is 7.89. The van der Waals surface area contributed by atoms with E-state index in [4.69, 9.17) is 5.73 Å². The van der Waals surface area contributed by atoms with E-state index in [1.807, 2.05) is 0 Å². The highest BCUT2D eigenvalue weighted by Crippen LogP contribution is 2.57. The Bertz CT molecular complexity index is 754. The lowest BCUT2D eigenvalue weighted by Crippen LogP contribution is -2.67. The number of carbonyl (C=O) groups excluding carboxylic acids is 1. The zero-order valence-electron chi connectivity index (χ0n) is 12.8. The summed E-state index contributed by atoms with van der Waals surface area (Å²) in [7, 11) is -3.62. The van der Waals surface area contributed by atoms with Gasteiger partial charge in [0.1, 0.15) is 0 Å². The van der Waals surface area contributed by atoms with E-state index in [2.05, 4.69) is 10.0 Å². The van der Waals surface area contributed by atoms with Crippen LogP contribution < -0.4 is 15.8 Å². The smallest absolute Gasteiger partial charge is 0.250 e. The Morgan fingerprint density at radius 2 is 1.96 bits per heavy atom. The van der Waals surface area contributed by atoms with Gasteiger partial charge in [-0.1, -0.05) is 0 Å². The Hall–Kier alpha value is -1.60. The Kier molecular flexibility index (Phi) is 3.22. The first-order valence-electron chi connectivity index (χ1n) is 8.09. The van der Waals surface area contributed by atoms with E-state index in [0.29, 0.717) is 17.5 Å². The van der Waals surface area contributed by atoms with E-state index in [-0.39, 0.29) is 16.0 Å². The van der Waals surface area contributed by atoms with Crippen molar-refractivity contribution in [2.24, 2.45) is 17.6 Å². The van der Waals surface area contributed by atoms with Crippen LogP contribution in [0.3, 0.4) is 0 Å². The highest BCUT2D eigenvalue weighted by atomic mass is 32.2. The van der Waals surface area contributed by atoms with Crippen LogP contribution in [-0.4, -0.2) is 26.4 Å².